The normalized spacial score (nSPS) is 12.8. The molecule has 0 aliphatic heterocycles. The molecule has 1 aromatic rings. The molecular weight excluding hydrogens is 357 g/mol. The van der Waals surface area contributed by atoms with E-state index in [-0.39, 0.29) is 28.6 Å². The number of hydrogen-bond donors (Lipinski definition) is 2. The van der Waals surface area contributed by atoms with Crippen molar-refractivity contribution in [2.45, 2.75) is 12.4 Å². The second-order valence-corrected chi connectivity index (χ2v) is 6.26. The van der Waals surface area contributed by atoms with Gasteiger partial charge in [-0.2, -0.15) is 21.6 Å². The minimum absolute atomic E-state index is 0.0943. The molecule has 2 N–H and O–H groups in total. The molecule has 0 fully saturated rings. The van der Waals surface area contributed by atoms with E-state index < -0.39 is 15.5 Å². The Hall–Kier alpha value is -1.71. The lowest BCUT2D eigenvalue weighted by Gasteiger charge is -2.17. The Morgan fingerprint density at radius 3 is 2.61 bits per heavy atom. The van der Waals surface area contributed by atoms with Crippen molar-refractivity contribution in [1.82, 2.24) is 5.48 Å². The smallest absolute Gasteiger partial charge is 0.275 e. The van der Waals surface area contributed by atoms with Gasteiger partial charge in [0, 0.05) is 10.6 Å². The third-order valence-electron chi connectivity index (χ3n) is 2.49. The molecule has 0 saturated heterocycles. The summed E-state index contributed by atoms with van der Waals surface area (Å²) in [6.45, 7) is 5.15. The SMILES string of the molecule is C=CCONC(=CC)c1cc(Cl)ccc1NS(=O)(=O)C(F)(F)F. The Bertz CT molecular complexity index is 703. The molecule has 128 valence electrons. The van der Waals surface area contributed by atoms with E-state index in [0.717, 1.165) is 6.07 Å². The van der Waals surface area contributed by atoms with Crippen molar-refractivity contribution in [1.29, 1.82) is 0 Å². The second-order valence-electron chi connectivity index (χ2n) is 4.15. The Kier molecular flexibility index (Phi) is 6.48. The van der Waals surface area contributed by atoms with Gasteiger partial charge in [0.05, 0.1) is 18.0 Å². The van der Waals surface area contributed by atoms with E-state index in [9.17, 15) is 21.6 Å². The number of allylic oxidation sites excluding steroid dienone is 1. The zero-order chi connectivity index (χ0) is 17.7. The van der Waals surface area contributed by atoms with Gasteiger partial charge in [-0.1, -0.05) is 23.8 Å². The van der Waals surface area contributed by atoms with Crippen molar-refractivity contribution < 1.29 is 26.4 Å². The van der Waals surface area contributed by atoms with Crippen LogP contribution in [0, 0.1) is 0 Å². The molecule has 10 heteroatoms. The molecule has 0 unspecified atom stereocenters. The van der Waals surface area contributed by atoms with Gasteiger partial charge in [-0.15, -0.1) is 6.58 Å². The van der Waals surface area contributed by atoms with Gasteiger partial charge >= 0.3 is 15.5 Å². The van der Waals surface area contributed by atoms with E-state index in [1.54, 1.807) is 6.92 Å². The molecule has 0 saturated carbocycles. The number of nitrogens with one attached hydrogen (secondary N) is 2. The summed E-state index contributed by atoms with van der Waals surface area (Å²) in [7, 11) is -5.56. The third kappa shape index (κ3) is 5.15. The van der Waals surface area contributed by atoms with E-state index in [2.05, 4.69) is 12.1 Å². The molecule has 23 heavy (non-hydrogen) atoms. The average Bonchev–Trinajstić information content (AvgIpc) is 2.44. The van der Waals surface area contributed by atoms with Gasteiger partial charge in [0.15, 0.2) is 0 Å². The summed E-state index contributed by atoms with van der Waals surface area (Å²) >= 11 is 5.83. The van der Waals surface area contributed by atoms with Crippen LogP contribution >= 0.6 is 11.6 Å². The van der Waals surface area contributed by atoms with Crippen molar-refractivity contribution >= 4 is 33.0 Å². The molecule has 0 amide bonds. The topological polar surface area (TPSA) is 67.4 Å². The fourth-order valence-corrected chi connectivity index (χ4v) is 2.23. The first-order valence-electron chi connectivity index (χ1n) is 6.16. The Balaban J connectivity index is 3.22. The zero-order valence-electron chi connectivity index (χ0n) is 11.9. The number of halogens is 4. The summed E-state index contributed by atoms with van der Waals surface area (Å²) < 4.78 is 61.6. The van der Waals surface area contributed by atoms with Crippen LogP contribution in [0.4, 0.5) is 18.9 Å². The predicted molar refractivity (Wildman–Crippen MR) is 83.0 cm³/mol. The molecule has 0 heterocycles. The first kappa shape index (κ1) is 19.3. The van der Waals surface area contributed by atoms with E-state index in [1.807, 2.05) is 0 Å². The standard InChI is InChI=1S/C13H14ClF3N2O3S/c1-3-7-22-18-11(4-2)10-8-9(14)5-6-12(10)19-23(20,21)13(15,16)17/h3-6,8,18-19H,1,7H2,2H3. The zero-order valence-corrected chi connectivity index (χ0v) is 13.5. The maximum Gasteiger partial charge on any atom is 0.516 e. The van der Waals surface area contributed by atoms with Crippen LogP contribution in [0.3, 0.4) is 0 Å². The van der Waals surface area contributed by atoms with Gasteiger partial charge in [-0.25, -0.2) is 0 Å². The highest BCUT2D eigenvalue weighted by molar-refractivity contribution is 7.93. The summed E-state index contributed by atoms with van der Waals surface area (Å²) in [6, 6.07) is 3.69. The van der Waals surface area contributed by atoms with Gasteiger partial charge in [0.25, 0.3) is 0 Å². The number of benzene rings is 1. The van der Waals surface area contributed by atoms with Crippen LogP contribution in [0.5, 0.6) is 0 Å². The van der Waals surface area contributed by atoms with Crippen LogP contribution in [0.25, 0.3) is 5.70 Å². The second kappa shape index (κ2) is 7.71. The van der Waals surface area contributed by atoms with Gasteiger partial charge in [0.2, 0.25) is 0 Å². The largest absolute Gasteiger partial charge is 0.516 e. The van der Waals surface area contributed by atoms with Crippen LogP contribution in [0.2, 0.25) is 5.02 Å². The molecule has 0 aromatic heterocycles. The number of alkyl halides is 3. The summed E-state index contributed by atoms with van der Waals surface area (Å²) in [4.78, 5) is 5.00. The number of hydroxylamine groups is 1. The average molecular weight is 371 g/mol. The van der Waals surface area contributed by atoms with Crippen LogP contribution in [0.15, 0.2) is 36.9 Å². The third-order valence-corrected chi connectivity index (χ3v) is 3.83. The molecule has 0 aliphatic rings. The van der Waals surface area contributed by atoms with E-state index in [4.69, 9.17) is 16.4 Å². The van der Waals surface area contributed by atoms with Gasteiger partial charge in [-0.05, 0) is 25.1 Å². The van der Waals surface area contributed by atoms with Gasteiger partial charge in [0.1, 0.15) is 0 Å². The van der Waals surface area contributed by atoms with Crippen molar-refractivity contribution in [3.8, 4) is 0 Å². The minimum Gasteiger partial charge on any atom is -0.275 e. The highest BCUT2D eigenvalue weighted by Crippen LogP contribution is 2.31. The van der Waals surface area contributed by atoms with E-state index >= 15 is 0 Å². The number of hydrogen-bond acceptors (Lipinski definition) is 4. The summed E-state index contributed by atoms with van der Waals surface area (Å²) in [5, 5.41) is 0.208. The highest BCUT2D eigenvalue weighted by Gasteiger charge is 2.46. The summed E-state index contributed by atoms with van der Waals surface area (Å²) in [5.41, 5.74) is -2.92. The monoisotopic (exact) mass is 370 g/mol. The van der Waals surface area contributed by atoms with Crippen LogP contribution in [-0.4, -0.2) is 20.5 Å². The quantitative estimate of drug-likeness (QED) is 0.436. The lowest BCUT2D eigenvalue weighted by Crippen LogP contribution is -2.30. The Morgan fingerprint density at radius 2 is 2.09 bits per heavy atom. The maximum absolute atomic E-state index is 12.5. The van der Waals surface area contributed by atoms with Crippen LogP contribution < -0.4 is 10.2 Å². The number of rotatable bonds is 7. The van der Waals surface area contributed by atoms with Gasteiger partial charge < -0.3 is 0 Å². The molecule has 5 nitrogen and oxygen atoms in total. The van der Waals surface area contributed by atoms with Crippen molar-refractivity contribution in [3.05, 3.63) is 47.5 Å². The van der Waals surface area contributed by atoms with Gasteiger partial charge in [-0.3, -0.25) is 15.0 Å². The fraction of sp³-hybridized carbons (Fsp3) is 0.231. The van der Waals surface area contributed by atoms with Crippen molar-refractivity contribution in [3.63, 3.8) is 0 Å². The summed E-state index contributed by atoms with van der Waals surface area (Å²) in [6.07, 6.45) is 2.94. The van der Waals surface area contributed by atoms with E-state index in [1.165, 1.54) is 29.0 Å². The first-order chi connectivity index (χ1) is 10.6. The molecule has 0 bridgehead atoms. The summed E-state index contributed by atoms with van der Waals surface area (Å²) in [5.74, 6) is 0. The van der Waals surface area contributed by atoms with E-state index in [0.29, 0.717) is 0 Å². The van der Waals surface area contributed by atoms with Crippen molar-refractivity contribution in [2.24, 2.45) is 0 Å². The maximum atomic E-state index is 12.5. The highest BCUT2D eigenvalue weighted by atomic mass is 35.5. The molecule has 0 aliphatic carbocycles. The van der Waals surface area contributed by atoms with Crippen molar-refractivity contribution in [2.75, 3.05) is 11.3 Å². The Morgan fingerprint density at radius 1 is 1.43 bits per heavy atom. The van der Waals surface area contributed by atoms with Crippen LogP contribution in [-0.2, 0) is 14.9 Å². The Labute approximate surface area is 136 Å². The molecule has 0 radical (unpaired) electrons. The molecule has 0 atom stereocenters. The van der Waals surface area contributed by atoms with Crippen LogP contribution in [0.1, 0.15) is 12.5 Å². The predicted octanol–water partition coefficient (Wildman–Crippen LogP) is 3.67. The number of sulfonamides is 1. The number of anilines is 1. The fourth-order valence-electron chi connectivity index (χ4n) is 1.48. The molecule has 1 rings (SSSR count). The lowest BCUT2D eigenvalue weighted by atomic mass is 10.1. The molecule has 1 aromatic carbocycles. The lowest BCUT2D eigenvalue weighted by molar-refractivity contribution is -0.0429. The first-order valence-corrected chi connectivity index (χ1v) is 8.02. The molecule has 0 spiro atoms. The molecular formula is C13H14ClF3N2O3S. The minimum atomic E-state index is -5.56.